The van der Waals surface area contributed by atoms with Crippen LogP contribution in [-0.2, 0) is 22.2 Å². The van der Waals surface area contributed by atoms with Crippen molar-refractivity contribution in [3.8, 4) is 0 Å². The standard InChI is InChI=1S/C14H16N4O4S/c1-10-16-14(22-17-10)7-4-8-15-23(19,20)9-12-11-5-2-3-6-13(11)21-18-12/h2-3,5-6,15H,4,7-9H2,1H3. The lowest BCUT2D eigenvalue weighted by Gasteiger charge is -2.04. The first kappa shape index (κ1) is 15.6. The summed E-state index contributed by atoms with van der Waals surface area (Å²) < 4.78 is 36.8. The highest BCUT2D eigenvalue weighted by molar-refractivity contribution is 7.88. The van der Waals surface area contributed by atoms with Gasteiger partial charge in [-0.15, -0.1) is 0 Å². The average molecular weight is 336 g/mol. The molecule has 0 aliphatic carbocycles. The van der Waals surface area contributed by atoms with Gasteiger partial charge in [-0.1, -0.05) is 22.4 Å². The molecule has 9 heteroatoms. The molecule has 0 atom stereocenters. The third kappa shape index (κ3) is 3.93. The molecule has 0 fully saturated rings. The Bertz CT molecular complexity index is 900. The zero-order chi connectivity index (χ0) is 16.3. The molecule has 3 rings (SSSR count). The normalized spacial score (nSPS) is 12.0. The van der Waals surface area contributed by atoms with E-state index >= 15 is 0 Å². The second kappa shape index (κ2) is 6.47. The highest BCUT2D eigenvalue weighted by Gasteiger charge is 2.17. The number of nitrogens with zero attached hydrogens (tertiary/aromatic N) is 3. The minimum absolute atomic E-state index is 0.219. The Balaban J connectivity index is 1.55. The van der Waals surface area contributed by atoms with Gasteiger partial charge in [-0.25, -0.2) is 13.1 Å². The van der Waals surface area contributed by atoms with Crippen LogP contribution in [0.3, 0.4) is 0 Å². The molecule has 0 amide bonds. The molecule has 2 aromatic heterocycles. The molecule has 0 saturated carbocycles. The van der Waals surface area contributed by atoms with Gasteiger partial charge < -0.3 is 9.05 Å². The number of nitrogens with one attached hydrogen (secondary N) is 1. The molecule has 0 spiro atoms. The van der Waals surface area contributed by atoms with E-state index < -0.39 is 10.0 Å². The summed E-state index contributed by atoms with van der Waals surface area (Å²) in [6, 6.07) is 7.16. The van der Waals surface area contributed by atoms with Gasteiger partial charge in [-0.2, -0.15) is 4.98 Å². The Morgan fingerprint density at radius 1 is 1.17 bits per heavy atom. The van der Waals surface area contributed by atoms with E-state index in [2.05, 4.69) is 20.0 Å². The highest BCUT2D eigenvalue weighted by Crippen LogP contribution is 2.19. The van der Waals surface area contributed by atoms with Crippen LogP contribution in [-0.4, -0.2) is 30.3 Å². The molecule has 122 valence electrons. The smallest absolute Gasteiger partial charge is 0.226 e. The molecule has 1 N–H and O–H groups in total. The van der Waals surface area contributed by atoms with E-state index in [4.69, 9.17) is 9.05 Å². The number of aryl methyl sites for hydroxylation is 2. The van der Waals surface area contributed by atoms with Crippen molar-refractivity contribution in [1.82, 2.24) is 20.0 Å². The van der Waals surface area contributed by atoms with Crippen molar-refractivity contribution < 1.29 is 17.5 Å². The van der Waals surface area contributed by atoms with E-state index in [0.29, 0.717) is 47.8 Å². The van der Waals surface area contributed by atoms with Crippen LogP contribution in [0.1, 0.15) is 23.8 Å². The summed E-state index contributed by atoms with van der Waals surface area (Å²) in [6.45, 7) is 2.03. The van der Waals surface area contributed by atoms with Gasteiger partial charge in [0.15, 0.2) is 11.4 Å². The molecule has 0 radical (unpaired) electrons. The quantitative estimate of drug-likeness (QED) is 0.652. The summed E-state index contributed by atoms with van der Waals surface area (Å²) in [7, 11) is -3.48. The van der Waals surface area contributed by atoms with Gasteiger partial charge in [0.1, 0.15) is 11.4 Å². The summed E-state index contributed by atoms with van der Waals surface area (Å²) in [5.41, 5.74) is 0.977. The lowest BCUT2D eigenvalue weighted by Crippen LogP contribution is -2.26. The third-order valence-electron chi connectivity index (χ3n) is 3.24. The SMILES string of the molecule is Cc1noc(CCCNS(=O)(=O)Cc2noc3ccccc23)n1. The molecule has 3 aromatic rings. The van der Waals surface area contributed by atoms with E-state index in [1.165, 1.54) is 0 Å². The number of rotatable bonds is 7. The number of para-hydroxylation sites is 1. The third-order valence-corrected chi connectivity index (χ3v) is 4.54. The second-order valence-corrected chi connectivity index (χ2v) is 6.92. The van der Waals surface area contributed by atoms with Gasteiger partial charge in [0.25, 0.3) is 0 Å². The van der Waals surface area contributed by atoms with E-state index in [-0.39, 0.29) is 5.75 Å². The number of benzene rings is 1. The first-order valence-corrected chi connectivity index (χ1v) is 8.78. The zero-order valence-corrected chi connectivity index (χ0v) is 13.3. The maximum Gasteiger partial charge on any atom is 0.226 e. The highest BCUT2D eigenvalue weighted by atomic mass is 32.2. The van der Waals surface area contributed by atoms with E-state index in [1.54, 1.807) is 19.1 Å². The van der Waals surface area contributed by atoms with Crippen molar-refractivity contribution in [2.45, 2.75) is 25.5 Å². The average Bonchev–Trinajstić information content (AvgIpc) is 3.11. The van der Waals surface area contributed by atoms with Crippen molar-refractivity contribution in [3.05, 3.63) is 41.7 Å². The van der Waals surface area contributed by atoms with Crippen LogP contribution in [0.2, 0.25) is 0 Å². The van der Waals surface area contributed by atoms with Crippen molar-refractivity contribution in [3.63, 3.8) is 0 Å². The molecule has 0 unspecified atom stereocenters. The minimum atomic E-state index is -3.48. The molecule has 1 aromatic carbocycles. The first-order valence-electron chi connectivity index (χ1n) is 7.13. The van der Waals surface area contributed by atoms with E-state index in [1.807, 2.05) is 12.1 Å². The molecular formula is C14H16N4O4S. The maximum atomic E-state index is 12.1. The largest absolute Gasteiger partial charge is 0.356 e. The van der Waals surface area contributed by atoms with E-state index in [9.17, 15) is 8.42 Å². The van der Waals surface area contributed by atoms with Gasteiger partial charge in [0.2, 0.25) is 15.9 Å². The Kier molecular flexibility index (Phi) is 4.39. The lowest BCUT2D eigenvalue weighted by atomic mass is 10.2. The number of sulfonamides is 1. The predicted octanol–water partition coefficient (Wildman–Crippen LogP) is 1.57. The fraction of sp³-hybridized carbons (Fsp3) is 0.357. The monoisotopic (exact) mass is 336 g/mol. The number of aromatic nitrogens is 3. The van der Waals surface area contributed by atoms with Crippen LogP contribution in [0.25, 0.3) is 11.0 Å². The maximum absolute atomic E-state index is 12.1. The fourth-order valence-corrected chi connectivity index (χ4v) is 3.31. The summed E-state index contributed by atoms with van der Waals surface area (Å²) in [5.74, 6) is 0.853. The fourth-order valence-electron chi connectivity index (χ4n) is 2.18. The van der Waals surface area contributed by atoms with Crippen LogP contribution in [0.15, 0.2) is 33.3 Å². The van der Waals surface area contributed by atoms with Gasteiger partial charge in [0, 0.05) is 18.4 Å². The minimum Gasteiger partial charge on any atom is -0.356 e. The van der Waals surface area contributed by atoms with Crippen molar-refractivity contribution in [2.24, 2.45) is 0 Å². The molecule has 2 heterocycles. The Labute approximate surface area is 132 Å². The van der Waals surface area contributed by atoms with Gasteiger partial charge in [-0.05, 0) is 25.5 Å². The molecule has 23 heavy (non-hydrogen) atoms. The van der Waals surface area contributed by atoms with Gasteiger partial charge in [0.05, 0.1) is 0 Å². The van der Waals surface area contributed by atoms with Gasteiger partial charge >= 0.3 is 0 Å². The summed E-state index contributed by atoms with van der Waals surface area (Å²) in [5, 5.41) is 8.22. The number of fused-ring (bicyclic) bond motifs is 1. The Morgan fingerprint density at radius 2 is 2.00 bits per heavy atom. The summed E-state index contributed by atoms with van der Waals surface area (Å²) in [6.07, 6.45) is 1.09. The lowest BCUT2D eigenvalue weighted by molar-refractivity contribution is 0.372. The first-order chi connectivity index (χ1) is 11.0. The molecule has 0 aliphatic rings. The number of hydrogen-bond acceptors (Lipinski definition) is 7. The zero-order valence-electron chi connectivity index (χ0n) is 12.5. The van der Waals surface area contributed by atoms with Crippen molar-refractivity contribution in [1.29, 1.82) is 0 Å². The molecule has 0 saturated heterocycles. The summed E-state index contributed by atoms with van der Waals surface area (Å²) in [4.78, 5) is 4.06. The Hall–Kier alpha value is -2.26. The number of hydrogen-bond donors (Lipinski definition) is 1. The van der Waals surface area contributed by atoms with Crippen LogP contribution in [0.4, 0.5) is 0 Å². The predicted molar refractivity (Wildman–Crippen MR) is 82.0 cm³/mol. The van der Waals surface area contributed by atoms with Crippen LogP contribution < -0.4 is 4.72 Å². The van der Waals surface area contributed by atoms with Crippen molar-refractivity contribution >= 4 is 21.0 Å². The molecule has 0 bridgehead atoms. The Morgan fingerprint density at radius 3 is 2.78 bits per heavy atom. The molecule has 8 nitrogen and oxygen atoms in total. The molecule has 0 aliphatic heterocycles. The topological polar surface area (TPSA) is 111 Å². The van der Waals surface area contributed by atoms with Crippen LogP contribution in [0.5, 0.6) is 0 Å². The van der Waals surface area contributed by atoms with Crippen LogP contribution in [0, 0.1) is 6.92 Å². The van der Waals surface area contributed by atoms with Crippen LogP contribution >= 0.6 is 0 Å². The second-order valence-electron chi connectivity index (χ2n) is 5.12. The van der Waals surface area contributed by atoms with Crippen molar-refractivity contribution in [2.75, 3.05) is 6.54 Å². The van der Waals surface area contributed by atoms with Gasteiger partial charge in [-0.3, -0.25) is 0 Å². The van der Waals surface area contributed by atoms with E-state index in [0.717, 1.165) is 0 Å². The summed E-state index contributed by atoms with van der Waals surface area (Å²) >= 11 is 0. The molecular weight excluding hydrogens is 320 g/mol.